The minimum absolute atomic E-state index is 0.741. The first-order valence-corrected chi connectivity index (χ1v) is 4.23. The summed E-state index contributed by atoms with van der Waals surface area (Å²) in [5.74, 6) is 1.79. The summed E-state index contributed by atoms with van der Waals surface area (Å²) in [6.45, 7) is 2.13. The largest absolute Gasteiger partial charge is 0.316 e. The summed E-state index contributed by atoms with van der Waals surface area (Å²) in [6.07, 6.45) is 4.28. The Labute approximate surface area is 61.8 Å². The van der Waals surface area contributed by atoms with Crippen molar-refractivity contribution in [3.63, 3.8) is 0 Å². The maximum Gasteiger partial charge on any atom is 0.0348 e. The Kier molecular flexibility index (Phi) is 3.37. The van der Waals surface area contributed by atoms with Crippen molar-refractivity contribution in [2.24, 2.45) is 5.92 Å². The molecule has 1 rings (SSSR count). The standard InChI is InChI=1S/C7H14ClN/c8-4-6-9-5-3-7-1-2-7/h7,9H,1-6H2. The Hall–Kier alpha value is 0.250. The van der Waals surface area contributed by atoms with E-state index in [1.165, 1.54) is 19.3 Å². The molecule has 2 heteroatoms. The highest BCUT2D eigenvalue weighted by molar-refractivity contribution is 6.18. The molecule has 0 atom stereocenters. The quantitative estimate of drug-likeness (QED) is 0.460. The predicted octanol–water partition coefficient (Wildman–Crippen LogP) is 1.61. The maximum atomic E-state index is 5.47. The lowest BCUT2D eigenvalue weighted by Crippen LogP contribution is -2.17. The van der Waals surface area contributed by atoms with Gasteiger partial charge in [-0.25, -0.2) is 0 Å². The molecular weight excluding hydrogens is 134 g/mol. The van der Waals surface area contributed by atoms with Gasteiger partial charge in [-0.1, -0.05) is 12.8 Å². The molecule has 1 saturated carbocycles. The molecule has 1 aliphatic carbocycles. The molecule has 0 aliphatic heterocycles. The number of halogens is 1. The van der Waals surface area contributed by atoms with Crippen LogP contribution < -0.4 is 5.32 Å². The van der Waals surface area contributed by atoms with Crippen LogP contribution >= 0.6 is 11.6 Å². The third-order valence-electron chi connectivity index (χ3n) is 1.70. The van der Waals surface area contributed by atoms with Crippen molar-refractivity contribution in [1.82, 2.24) is 5.32 Å². The van der Waals surface area contributed by atoms with Gasteiger partial charge in [-0.05, 0) is 18.9 Å². The van der Waals surface area contributed by atoms with Crippen molar-refractivity contribution in [1.29, 1.82) is 0 Å². The molecule has 0 aromatic rings. The van der Waals surface area contributed by atoms with Crippen LogP contribution in [0.5, 0.6) is 0 Å². The third kappa shape index (κ3) is 3.77. The van der Waals surface area contributed by atoms with Crippen molar-refractivity contribution in [2.45, 2.75) is 19.3 Å². The molecule has 0 aromatic heterocycles. The zero-order valence-corrected chi connectivity index (χ0v) is 6.45. The van der Waals surface area contributed by atoms with E-state index >= 15 is 0 Å². The van der Waals surface area contributed by atoms with E-state index in [4.69, 9.17) is 11.6 Å². The molecule has 0 spiro atoms. The summed E-state index contributed by atoms with van der Waals surface area (Å²) in [7, 11) is 0. The molecule has 0 radical (unpaired) electrons. The van der Waals surface area contributed by atoms with Gasteiger partial charge in [0.25, 0.3) is 0 Å². The Morgan fingerprint density at radius 3 is 2.67 bits per heavy atom. The molecule has 54 valence electrons. The molecule has 0 aromatic carbocycles. The molecule has 0 heterocycles. The summed E-state index contributed by atoms with van der Waals surface area (Å²) in [5.41, 5.74) is 0. The molecule has 0 amide bonds. The Balaban J connectivity index is 1.71. The second-order valence-electron chi connectivity index (χ2n) is 2.67. The van der Waals surface area contributed by atoms with Crippen LogP contribution in [0.15, 0.2) is 0 Å². The monoisotopic (exact) mass is 147 g/mol. The van der Waals surface area contributed by atoms with Gasteiger partial charge in [-0.2, -0.15) is 0 Å². The number of nitrogens with one attached hydrogen (secondary N) is 1. The Morgan fingerprint density at radius 2 is 2.11 bits per heavy atom. The van der Waals surface area contributed by atoms with Crippen molar-refractivity contribution in [3.8, 4) is 0 Å². The molecule has 1 aliphatic rings. The normalized spacial score (nSPS) is 18.3. The first-order valence-electron chi connectivity index (χ1n) is 3.70. The van der Waals surface area contributed by atoms with Crippen molar-refractivity contribution in [2.75, 3.05) is 19.0 Å². The number of hydrogen-bond donors (Lipinski definition) is 1. The topological polar surface area (TPSA) is 12.0 Å². The fraction of sp³-hybridized carbons (Fsp3) is 1.00. The number of rotatable bonds is 5. The lowest BCUT2D eigenvalue weighted by atomic mass is 10.3. The Bertz CT molecular complexity index is 71.3. The summed E-state index contributed by atoms with van der Waals surface area (Å²) >= 11 is 5.47. The second-order valence-corrected chi connectivity index (χ2v) is 3.05. The Morgan fingerprint density at radius 1 is 1.33 bits per heavy atom. The summed E-state index contributed by atoms with van der Waals surface area (Å²) in [4.78, 5) is 0. The molecule has 1 fully saturated rings. The highest BCUT2D eigenvalue weighted by atomic mass is 35.5. The van der Waals surface area contributed by atoms with Crippen LogP contribution in [0.1, 0.15) is 19.3 Å². The van der Waals surface area contributed by atoms with E-state index < -0.39 is 0 Å². The van der Waals surface area contributed by atoms with Crippen molar-refractivity contribution < 1.29 is 0 Å². The zero-order chi connectivity index (χ0) is 6.53. The highest BCUT2D eigenvalue weighted by Crippen LogP contribution is 2.31. The van der Waals surface area contributed by atoms with Gasteiger partial charge < -0.3 is 5.32 Å². The third-order valence-corrected chi connectivity index (χ3v) is 1.89. The number of alkyl halides is 1. The summed E-state index contributed by atoms with van der Waals surface area (Å²) in [6, 6.07) is 0. The molecule has 1 nitrogen and oxygen atoms in total. The molecule has 1 N–H and O–H groups in total. The first-order chi connectivity index (χ1) is 4.43. The van der Waals surface area contributed by atoms with Crippen molar-refractivity contribution >= 4 is 11.6 Å². The SMILES string of the molecule is ClCCNCCC1CC1. The van der Waals surface area contributed by atoms with E-state index in [0.29, 0.717) is 0 Å². The van der Waals surface area contributed by atoms with E-state index in [-0.39, 0.29) is 0 Å². The van der Waals surface area contributed by atoms with Crippen LogP contribution in [-0.4, -0.2) is 19.0 Å². The molecule has 0 bridgehead atoms. The lowest BCUT2D eigenvalue weighted by molar-refractivity contribution is 0.632. The van der Waals surface area contributed by atoms with Crippen LogP contribution in [0.25, 0.3) is 0 Å². The van der Waals surface area contributed by atoms with Gasteiger partial charge in [0.15, 0.2) is 0 Å². The smallest absolute Gasteiger partial charge is 0.0348 e. The molecule has 0 unspecified atom stereocenters. The van der Waals surface area contributed by atoms with Gasteiger partial charge in [-0.3, -0.25) is 0 Å². The average Bonchev–Trinajstić information content (AvgIpc) is 2.63. The van der Waals surface area contributed by atoms with Gasteiger partial charge in [0.05, 0.1) is 0 Å². The van der Waals surface area contributed by atoms with Crippen LogP contribution in [0.3, 0.4) is 0 Å². The van der Waals surface area contributed by atoms with Gasteiger partial charge in [0.1, 0.15) is 0 Å². The summed E-state index contributed by atoms with van der Waals surface area (Å²) < 4.78 is 0. The van der Waals surface area contributed by atoms with E-state index in [1.807, 2.05) is 0 Å². The van der Waals surface area contributed by atoms with Gasteiger partial charge >= 0.3 is 0 Å². The van der Waals surface area contributed by atoms with Crippen LogP contribution in [0, 0.1) is 5.92 Å². The zero-order valence-electron chi connectivity index (χ0n) is 5.70. The highest BCUT2D eigenvalue weighted by Gasteiger charge is 2.19. The van der Waals surface area contributed by atoms with Crippen LogP contribution in [-0.2, 0) is 0 Å². The lowest BCUT2D eigenvalue weighted by Gasteiger charge is -1.98. The van der Waals surface area contributed by atoms with Gasteiger partial charge in [0, 0.05) is 12.4 Å². The predicted molar refractivity (Wildman–Crippen MR) is 40.9 cm³/mol. The van der Waals surface area contributed by atoms with Crippen LogP contribution in [0.4, 0.5) is 0 Å². The molecule has 9 heavy (non-hydrogen) atoms. The van der Waals surface area contributed by atoms with E-state index in [9.17, 15) is 0 Å². The van der Waals surface area contributed by atoms with E-state index in [0.717, 1.165) is 24.9 Å². The maximum absolute atomic E-state index is 5.47. The van der Waals surface area contributed by atoms with Crippen molar-refractivity contribution in [3.05, 3.63) is 0 Å². The van der Waals surface area contributed by atoms with Crippen LogP contribution in [0.2, 0.25) is 0 Å². The number of hydrogen-bond acceptors (Lipinski definition) is 1. The fourth-order valence-corrected chi connectivity index (χ4v) is 1.04. The fourth-order valence-electron chi connectivity index (χ4n) is 0.905. The van der Waals surface area contributed by atoms with E-state index in [2.05, 4.69) is 5.32 Å². The second kappa shape index (κ2) is 4.13. The van der Waals surface area contributed by atoms with E-state index in [1.54, 1.807) is 0 Å². The molecular formula is C7H14ClN. The molecule has 0 saturated heterocycles. The minimum atomic E-state index is 0.741. The van der Waals surface area contributed by atoms with Gasteiger partial charge in [-0.15, -0.1) is 11.6 Å². The van der Waals surface area contributed by atoms with Gasteiger partial charge in [0.2, 0.25) is 0 Å². The average molecular weight is 148 g/mol. The first kappa shape index (κ1) is 7.36. The summed E-state index contributed by atoms with van der Waals surface area (Å²) in [5, 5.41) is 3.27. The minimum Gasteiger partial charge on any atom is -0.316 e.